The first-order valence-corrected chi connectivity index (χ1v) is 4.17. The molecule has 4 heteroatoms. The minimum absolute atomic E-state index is 0.0558. The number of aryl methyl sites for hydroxylation is 1. The first-order valence-electron chi connectivity index (χ1n) is 4.17. The van der Waals surface area contributed by atoms with Gasteiger partial charge in [0.05, 0.1) is 17.1 Å². The van der Waals surface area contributed by atoms with Crippen molar-refractivity contribution in [2.75, 3.05) is 6.61 Å². The summed E-state index contributed by atoms with van der Waals surface area (Å²) in [4.78, 5) is 10.2. The smallest absolute Gasteiger partial charge is 0.276 e. The van der Waals surface area contributed by atoms with Gasteiger partial charge in [-0.1, -0.05) is 17.7 Å². The van der Waals surface area contributed by atoms with Crippen molar-refractivity contribution in [3.63, 3.8) is 0 Å². The van der Waals surface area contributed by atoms with Crippen LogP contribution >= 0.6 is 0 Å². The summed E-state index contributed by atoms with van der Waals surface area (Å²) >= 11 is 0. The van der Waals surface area contributed by atoms with Crippen LogP contribution in [-0.4, -0.2) is 16.6 Å². The third-order valence-corrected chi connectivity index (χ3v) is 1.78. The number of nitro benzene ring substituents is 1. The molecule has 1 aromatic carbocycles. The molecule has 0 amide bonds. The Morgan fingerprint density at radius 1 is 1.57 bits per heavy atom. The van der Waals surface area contributed by atoms with E-state index in [1.54, 1.807) is 18.2 Å². The van der Waals surface area contributed by atoms with E-state index in [1.807, 2.05) is 6.92 Å². The third-order valence-electron chi connectivity index (χ3n) is 1.78. The van der Waals surface area contributed by atoms with Gasteiger partial charge in [-0.05, 0) is 19.1 Å². The van der Waals surface area contributed by atoms with Crippen molar-refractivity contribution in [2.24, 2.45) is 0 Å². The van der Waals surface area contributed by atoms with Crippen molar-refractivity contribution in [1.29, 1.82) is 0 Å². The Morgan fingerprint density at radius 3 is 2.86 bits per heavy atom. The quantitative estimate of drug-likeness (QED) is 0.589. The van der Waals surface area contributed by atoms with Crippen molar-refractivity contribution < 1.29 is 10.0 Å². The molecule has 0 aliphatic rings. The highest BCUT2D eigenvalue weighted by molar-refractivity contribution is 5.61. The molecule has 4 nitrogen and oxygen atoms in total. The normalized spacial score (nSPS) is 10.7. The number of hydrogen-bond donors (Lipinski definition) is 1. The Labute approximate surface area is 81.6 Å². The lowest BCUT2D eigenvalue weighted by atomic mass is 10.1. The molecule has 0 saturated carbocycles. The Morgan fingerprint density at radius 2 is 2.29 bits per heavy atom. The predicted molar refractivity (Wildman–Crippen MR) is 54.0 cm³/mol. The van der Waals surface area contributed by atoms with Crippen LogP contribution < -0.4 is 0 Å². The molecule has 0 spiro atoms. The molecule has 0 heterocycles. The first-order chi connectivity index (χ1) is 6.65. The van der Waals surface area contributed by atoms with Gasteiger partial charge in [0.1, 0.15) is 0 Å². The Bertz CT molecular complexity index is 372. The summed E-state index contributed by atoms with van der Waals surface area (Å²) in [6.07, 6.45) is 3.02. The van der Waals surface area contributed by atoms with Crippen molar-refractivity contribution in [2.45, 2.75) is 6.92 Å². The lowest BCUT2D eigenvalue weighted by Crippen LogP contribution is -1.92. The summed E-state index contributed by atoms with van der Waals surface area (Å²) in [5, 5.41) is 19.2. The molecule has 0 radical (unpaired) electrons. The zero-order chi connectivity index (χ0) is 10.6. The van der Waals surface area contributed by atoms with Crippen LogP contribution in [-0.2, 0) is 0 Å². The van der Waals surface area contributed by atoms with Gasteiger partial charge in [-0.2, -0.15) is 0 Å². The Balaban J connectivity index is 3.15. The lowest BCUT2D eigenvalue weighted by molar-refractivity contribution is -0.385. The van der Waals surface area contributed by atoms with E-state index < -0.39 is 4.92 Å². The standard InChI is InChI=1S/C10H11NO3/c1-8-4-5-10(11(13)14)9(7-8)3-2-6-12/h2-5,7,12H,6H2,1H3/b3-2+. The number of aliphatic hydroxyl groups excluding tert-OH is 1. The molecule has 0 aromatic heterocycles. The minimum atomic E-state index is -0.434. The van der Waals surface area contributed by atoms with Crippen molar-refractivity contribution in [3.8, 4) is 0 Å². The van der Waals surface area contributed by atoms with Crippen LogP contribution in [0.15, 0.2) is 24.3 Å². The van der Waals surface area contributed by atoms with Gasteiger partial charge < -0.3 is 5.11 Å². The molecule has 1 aromatic rings. The van der Waals surface area contributed by atoms with Gasteiger partial charge in [-0.15, -0.1) is 0 Å². The summed E-state index contributed by atoms with van der Waals surface area (Å²) in [6.45, 7) is 1.74. The topological polar surface area (TPSA) is 63.4 Å². The number of aliphatic hydroxyl groups is 1. The highest BCUT2D eigenvalue weighted by Crippen LogP contribution is 2.20. The lowest BCUT2D eigenvalue weighted by Gasteiger charge is -1.98. The molecule has 0 unspecified atom stereocenters. The van der Waals surface area contributed by atoms with Crippen LogP contribution in [0.3, 0.4) is 0 Å². The zero-order valence-electron chi connectivity index (χ0n) is 7.80. The highest BCUT2D eigenvalue weighted by Gasteiger charge is 2.10. The van der Waals surface area contributed by atoms with Crippen LogP contribution in [0.2, 0.25) is 0 Å². The van der Waals surface area contributed by atoms with Crippen LogP contribution in [0, 0.1) is 17.0 Å². The first kappa shape index (κ1) is 10.4. The minimum Gasteiger partial charge on any atom is -0.392 e. The van der Waals surface area contributed by atoms with Gasteiger partial charge in [0.15, 0.2) is 0 Å². The van der Waals surface area contributed by atoms with Crippen LogP contribution in [0.1, 0.15) is 11.1 Å². The SMILES string of the molecule is Cc1ccc([N+](=O)[O-])c(/C=C/CO)c1. The third kappa shape index (κ3) is 2.40. The largest absolute Gasteiger partial charge is 0.392 e. The fourth-order valence-electron chi connectivity index (χ4n) is 1.15. The monoisotopic (exact) mass is 193 g/mol. The molecule has 74 valence electrons. The molecule has 0 atom stereocenters. The molecule has 14 heavy (non-hydrogen) atoms. The molecule has 1 rings (SSSR count). The number of hydrogen-bond acceptors (Lipinski definition) is 3. The summed E-state index contributed by atoms with van der Waals surface area (Å²) in [5.41, 5.74) is 1.53. The molecule has 0 fully saturated rings. The van der Waals surface area contributed by atoms with Crippen LogP contribution in [0.25, 0.3) is 6.08 Å². The summed E-state index contributed by atoms with van der Waals surface area (Å²) in [5.74, 6) is 0. The maximum absolute atomic E-state index is 10.6. The second kappa shape index (κ2) is 4.53. The summed E-state index contributed by atoms with van der Waals surface area (Å²) < 4.78 is 0. The Kier molecular flexibility index (Phi) is 3.36. The molecule has 1 N–H and O–H groups in total. The maximum atomic E-state index is 10.6. The van der Waals surface area contributed by atoms with E-state index in [2.05, 4.69) is 0 Å². The zero-order valence-corrected chi connectivity index (χ0v) is 7.80. The van der Waals surface area contributed by atoms with Crippen molar-refractivity contribution in [1.82, 2.24) is 0 Å². The highest BCUT2D eigenvalue weighted by atomic mass is 16.6. The van der Waals surface area contributed by atoms with E-state index in [1.165, 1.54) is 12.1 Å². The van der Waals surface area contributed by atoms with Gasteiger partial charge in [-0.25, -0.2) is 0 Å². The van der Waals surface area contributed by atoms with E-state index >= 15 is 0 Å². The van der Waals surface area contributed by atoms with E-state index in [0.717, 1.165) is 5.56 Å². The molecule has 0 saturated heterocycles. The predicted octanol–water partition coefficient (Wildman–Crippen LogP) is 1.91. The van der Waals surface area contributed by atoms with E-state index in [9.17, 15) is 10.1 Å². The fraction of sp³-hybridized carbons (Fsp3) is 0.200. The fourth-order valence-corrected chi connectivity index (χ4v) is 1.15. The van der Waals surface area contributed by atoms with Crippen molar-refractivity contribution >= 4 is 11.8 Å². The Hall–Kier alpha value is -1.68. The van der Waals surface area contributed by atoms with Gasteiger partial charge >= 0.3 is 0 Å². The van der Waals surface area contributed by atoms with Gasteiger partial charge in [0.2, 0.25) is 0 Å². The molecular weight excluding hydrogens is 182 g/mol. The number of nitro groups is 1. The van der Waals surface area contributed by atoms with Gasteiger partial charge in [-0.3, -0.25) is 10.1 Å². The molecule has 0 aliphatic carbocycles. The van der Waals surface area contributed by atoms with E-state index in [4.69, 9.17) is 5.11 Å². The van der Waals surface area contributed by atoms with E-state index in [-0.39, 0.29) is 12.3 Å². The second-order valence-corrected chi connectivity index (χ2v) is 2.90. The van der Waals surface area contributed by atoms with Crippen LogP contribution in [0.5, 0.6) is 0 Å². The number of benzene rings is 1. The summed E-state index contributed by atoms with van der Waals surface area (Å²) in [7, 11) is 0. The van der Waals surface area contributed by atoms with Gasteiger partial charge in [0, 0.05) is 6.07 Å². The maximum Gasteiger partial charge on any atom is 0.276 e. The molecule has 0 aliphatic heterocycles. The number of nitrogens with zero attached hydrogens (tertiary/aromatic N) is 1. The number of rotatable bonds is 3. The molecular formula is C10H11NO3. The summed E-state index contributed by atoms with van der Waals surface area (Å²) in [6, 6.07) is 4.87. The van der Waals surface area contributed by atoms with Crippen molar-refractivity contribution in [3.05, 3.63) is 45.5 Å². The second-order valence-electron chi connectivity index (χ2n) is 2.90. The average molecular weight is 193 g/mol. The average Bonchev–Trinajstić information content (AvgIpc) is 2.14. The van der Waals surface area contributed by atoms with Crippen LogP contribution in [0.4, 0.5) is 5.69 Å². The van der Waals surface area contributed by atoms with Gasteiger partial charge in [0.25, 0.3) is 5.69 Å². The molecule has 0 bridgehead atoms. The van der Waals surface area contributed by atoms with E-state index in [0.29, 0.717) is 5.56 Å².